The molecular formula is C15H18N2O. The number of aliphatic hydroxyl groups excluding tert-OH is 1. The van der Waals surface area contributed by atoms with Crippen LogP contribution in [0, 0.1) is 6.92 Å². The molecule has 94 valence electrons. The molecule has 2 N–H and O–H groups in total. The van der Waals surface area contributed by atoms with Gasteiger partial charge in [0, 0.05) is 30.2 Å². The number of pyridine rings is 1. The van der Waals surface area contributed by atoms with E-state index in [0.717, 1.165) is 16.8 Å². The largest absolute Gasteiger partial charge is 0.389 e. The zero-order chi connectivity index (χ0) is 13.0. The van der Waals surface area contributed by atoms with Crippen LogP contribution in [0.1, 0.15) is 29.7 Å². The van der Waals surface area contributed by atoms with Gasteiger partial charge in [-0.05, 0) is 37.1 Å². The number of aryl methyl sites for hydroxylation is 1. The fourth-order valence-corrected chi connectivity index (χ4v) is 1.89. The molecule has 1 unspecified atom stereocenters. The third-order valence-corrected chi connectivity index (χ3v) is 3.03. The molecule has 1 atom stereocenters. The monoisotopic (exact) mass is 242 g/mol. The molecule has 0 radical (unpaired) electrons. The summed E-state index contributed by atoms with van der Waals surface area (Å²) >= 11 is 0. The fourth-order valence-electron chi connectivity index (χ4n) is 1.89. The minimum Gasteiger partial charge on any atom is -0.389 e. The first-order valence-electron chi connectivity index (χ1n) is 6.09. The number of hydrogen-bond acceptors (Lipinski definition) is 3. The van der Waals surface area contributed by atoms with Gasteiger partial charge in [-0.25, -0.2) is 0 Å². The van der Waals surface area contributed by atoms with Gasteiger partial charge in [-0.2, -0.15) is 0 Å². The van der Waals surface area contributed by atoms with Crippen LogP contribution in [0.25, 0.3) is 0 Å². The summed E-state index contributed by atoms with van der Waals surface area (Å²) in [7, 11) is 0. The lowest BCUT2D eigenvalue weighted by Crippen LogP contribution is -2.05. The van der Waals surface area contributed by atoms with Crippen molar-refractivity contribution in [2.45, 2.75) is 26.5 Å². The molecule has 0 aliphatic heterocycles. The maximum Gasteiger partial charge on any atom is 0.0781 e. The van der Waals surface area contributed by atoms with Crippen molar-refractivity contribution in [2.24, 2.45) is 0 Å². The Hall–Kier alpha value is -1.87. The summed E-state index contributed by atoms with van der Waals surface area (Å²) in [5.41, 5.74) is 4.26. The maximum atomic E-state index is 9.70. The van der Waals surface area contributed by atoms with E-state index in [1.54, 1.807) is 13.1 Å². The third-order valence-electron chi connectivity index (χ3n) is 3.03. The summed E-state index contributed by atoms with van der Waals surface area (Å²) in [6.45, 7) is 4.55. The number of aliphatic hydroxyl groups is 1. The average Bonchev–Trinajstić information content (AvgIpc) is 2.38. The number of para-hydroxylation sites is 1. The molecular weight excluding hydrogens is 224 g/mol. The van der Waals surface area contributed by atoms with Gasteiger partial charge in [-0.15, -0.1) is 0 Å². The van der Waals surface area contributed by atoms with Crippen molar-refractivity contribution in [3.8, 4) is 0 Å². The number of nitrogens with one attached hydrogen (secondary N) is 1. The summed E-state index contributed by atoms with van der Waals surface area (Å²) in [6.07, 6.45) is 3.19. The van der Waals surface area contributed by atoms with Crippen molar-refractivity contribution < 1.29 is 5.11 Å². The third kappa shape index (κ3) is 2.87. The van der Waals surface area contributed by atoms with Crippen LogP contribution in [0.2, 0.25) is 0 Å². The summed E-state index contributed by atoms with van der Waals surface area (Å²) < 4.78 is 0. The van der Waals surface area contributed by atoms with Gasteiger partial charge >= 0.3 is 0 Å². The van der Waals surface area contributed by atoms with Crippen LogP contribution in [-0.4, -0.2) is 10.1 Å². The van der Waals surface area contributed by atoms with E-state index in [1.165, 1.54) is 5.56 Å². The lowest BCUT2D eigenvalue weighted by Gasteiger charge is -2.14. The second kappa shape index (κ2) is 5.65. The van der Waals surface area contributed by atoms with E-state index in [0.29, 0.717) is 6.54 Å². The Morgan fingerprint density at radius 3 is 2.78 bits per heavy atom. The summed E-state index contributed by atoms with van der Waals surface area (Å²) in [5, 5.41) is 13.1. The Labute approximate surface area is 108 Å². The molecule has 2 aromatic rings. The number of anilines is 1. The summed E-state index contributed by atoms with van der Waals surface area (Å²) in [6, 6.07) is 9.81. The standard InChI is InChI=1S/C15H18N2O/c1-11-7-8-16-9-13(11)10-17-15-6-4-3-5-14(15)12(2)18/h3-9,12,17-18H,10H2,1-2H3. The van der Waals surface area contributed by atoms with Gasteiger partial charge in [-0.3, -0.25) is 4.98 Å². The van der Waals surface area contributed by atoms with Gasteiger partial charge in [0.05, 0.1) is 6.10 Å². The highest BCUT2D eigenvalue weighted by molar-refractivity contribution is 5.52. The SMILES string of the molecule is Cc1ccncc1CNc1ccccc1C(C)O. The Balaban J connectivity index is 2.14. The second-order valence-corrected chi connectivity index (χ2v) is 4.42. The lowest BCUT2D eigenvalue weighted by atomic mass is 10.1. The Kier molecular flexibility index (Phi) is 3.95. The fraction of sp³-hybridized carbons (Fsp3) is 0.267. The van der Waals surface area contributed by atoms with E-state index in [-0.39, 0.29) is 0 Å². The van der Waals surface area contributed by atoms with Gasteiger partial charge in [0.1, 0.15) is 0 Å². The maximum absolute atomic E-state index is 9.70. The average molecular weight is 242 g/mol. The molecule has 2 rings (SSSR count). The number of aromatic nitrogens is 1. The Morgan fingerprint density at radius 2 is 2.06 bits per heavy atom. The van der Waals surface area contributed by atoms with Crippen molar-refractivity contribution in [2.75, 3.05) is 5.32 Å². The van der Waals surface area contributed by atoms with Gasteiger partial charge < -0.3 is 10.4 Å². The van der Waals surface area contributed by atoms with E-state index in [4.69, 9.17) is 0 Å². The van der Waals surface area contributed by atoms with Crippen molar-refractivity contribution in [1.82, 2.24) is 4.98 Å². The van der Waals surface area contributed by atoms with Crippen LogP contribution < -0.4 is 5.32 Å². The van der Waals surface area contributed by atoms with Gasteiger partial charge in [0.15, 0.2) is 0 Å². The molecule has 1 aromatic carbocycles. The second-order valence-electron chi connectivity index (χ2n) is 4.42. The van der Waals surface area contributed by atoms with Crippen LogP contribution in [-0.2, 0) is 6.54 Å². The number of benzene rings is 1. The van der Waals surface area contributed by atoms with Crippen LogP contribution in [0.5, 0.6) is 0 Å². The molecule has 18 heavy (non-hydrogen) atoms. The highest BCUT2D eigenvalue weighted by Gasteiger charge is 2.06. The van der Waals surface area contributed by atoms with Crippen LogP contribution in [0.3, 0.4) is 0 Å². The lowest BCUT2D eigenvalue weighted by molar-refractivity contribution is 0.200. The molecule has 0 amide bonds. The van der Waals surface area contributed by atoms with Crippen molar-refractivity contribution in [1.29, 1.82) is 0 Å². The van der Waals surface area contributed by atoms with E-state index in [9.17, 15) is 5.11 Å². The normalized spacial score (nSPS) is 12.2. The van der Waals surface area contributed by atoms with Gasteiger partial charge in [0.2, 0.25) is 0 Å². The quantitative estimate of drug-likeness (QED) is 0.866. The number of nitrogens with zero attached hydrogens (tertiary/aromatic N) is 1. The van der Waals surface area contributed by atoms with E-state index in [2.05, 4.69) is 17.2 Å². The molecule has 0 fully saturated rings. The molecule has 0 aliphatic rings. The van der Waals surface area contributed by atoms with Crippen LogP contribution >= 0.6 is 0 Å². The highest BCUT2D eigenvalue weighted by atomic mass is 16.3. The van der Waals surface area contributed by atoms with E-state index >= 15 is 0 Å². The first-order valence-corrected chi connectivity index (χ1v) is 6.09. The number of rotatable bonds is 4. The van der Waals surface area contributed by atoms with Crippen molar-refractivity contribution in [3.05, 3.63) is 59.4 Å². The molecule has 0 aliphatic carbocycles. The first-order chi connectivity index (χ1) is 8.68. The minimum absolute atomic E-state index is 0.469. The molecule has 0 bridgehead atoms. The smallest absolute Gasteiger partial charge is 0.0781 e. The first kappa shape index (κ1) is 12.6. The summed E-state index contributed by atoms with van der Waals surface area (Å²) in [5.74, 6) is 0. The summed E-state index contributed by atoms with van der Waals surface area (Å²) in [4.78, 5) is 4.13. The molecule has 1 aromatic heterocycles. The van der Waals surface area contributed by atoms with E-state index in [1.807, 2.05) is 36.5 Å². The predicted octanol–water partition coefficient (Wildman–Crippen LogP) is 3.06. The van der Waals surface area contributed by atoms with Crippen LogP contribution in [0.15, 0.2) is 42.7 Å². The topological polar surface area (TPSA) is 45.2 Å². The Bertz CT molecular complexity index is 523. The molecule has 0 saturated heterocycles. The van der Waals surface area contributed by atoms with Crippen molar-refractivity contribution in [3.63, 3.8) is 0 Å². The van der Waals surface area contributed by atoms with Crippen molar-refractivity contribution >= 4 is 5.69 Å². The highest BCUT2D eigenvalue weighted by Crippen LogP contribution is 2.22. The molecule has 3 heteroatoms. The zero-order valence-corrected chi connectivity index (χ0v) is 10.7. The molecule has 3 nitrogen and oxygen atoms in total. The Morgan fingerprint density at radius 1 is 1.28 bits per heavy atom. The molecule has 0 saturated carbocycles. The zero-order valence-electron chi connectivity index (χ0n) is 10.7. The minimum atomic E-state index is -0.469. The molecule has 0 spiro atoms. The van der Waals surface area contributed by atoms with Crippen LogP contribution in [0.4, 0.5) is 5.69 Å². The van der Waals surface area contributed by atoms with Gasteiger partial charge in [0.25, 0.3) is 0 Å². The predicted molar refractivity (Wildman–Crippen MR) is 73.4 cm³/mol. The van der Waals surface area contributed by atoms with Gasteiger partial charge in [-0.1, -0.05) is 18.2 Å². The number of hydrogen-bond donors (Lipinski definition) is 2. The molecule has 1 heterocycles. The van der Waals surface area contributed by atoms with E-state index < -0.39 is 6.10 Å².